The van der Waals surface area contributed by atoms with Crippen molar-refractivity contribution in [1.82, 2.24) is 10.6 Å². The van der Waals surface area contributed by atoms with E-state index in [1.807, 2.05) is 0 Å². The Labute approximate surface area is 97.1 Å². The average molecular weight is 226 g/mol. The van der Waals surface area contributed by atoms with Gasteiger partial charge in [0.15, 0.2) is 0 Å². The Bertz CT molecular complexity index is 239. The van der Waals surface area contributed by atoms with E-state index < -0.39 is 0 Å². The number of ether oxygens (including phenoxy) is 1. The van der Waals surface area contributed by atoms with E-state index in [0.717, 1.165) is 32.5 Å². The molecule has 0 aliphatic carbocycles. The highest BCUT2D eigenvalue weighted by Crippen LogP contribution is 2.16. The van der Waals surface area contributed by atoms with Crippen LogP contribution in [0.15, 0.2) is 0 Å². The standard InChI is InChI=1S/C12H22N2O2/c1-9-7-13-8-11(9)14-12(15)6-10-4-2-3-5-16-10/h9-11,13H,2-8H2,1H3,(H,14,15). The van der Waals surface area contributed by atoms with E-state index in [0.29, 0.717) is 18.4 Å². The average Bonchev–Trinajstić information content (AvgIpc) is 2.66. The summed E-state index contributed by atoms with van der Waals surface area (Å²) in [6, 6.07) is 0.302. The van der Waals surface area contributed by atoms with Crippen LogP contribution in [0.4, 0.5) is 0 Å². The molecule has 0 aromatic rings. The SMILES string of the molecule is CC1CNCC1NC(=O)CC1CCCCO1. The van der Waals surface area contributed by atoms with E-state index in [4.69, 9.17) is 4.74 Å². The minimum atomic E-state index is 0.146. The minimum absolute atomic E-state index is 0.146. The van der Waals surface area contributed by atoms with Gasteiger partial charge in [0.05, 0.1) is 12.5 Å². The predicted octanol–water partition coefficient (Wildman–Crippen LogP) is 0.670. The second-order valence-electron chi connectivity index (χ2n) is 5.00. The number of hydrogen-bond donors (Lipinski definition) is 2. The van der Waals surface area contributed by atoms with Gasteiger partial charge in [0.2, 0.25) is 5.91 Å². The molecule has 0 radical (unpaired) electrons. The molecule has 4 heteroatoms. The van der Waals surface area contributed by atoms with Crippen molar-refractivity contribution in [3.05, 3.63) is 0 Å². The molecule has 1 amide bonds. The Balaban J connectivity index is 1.70. The Morgan fingerprint density at radius 1 is 1.44 bits per heavy atom. The van der Waals surface area contributed by atoms with Gasteiger partial charge >= 0.3 is 0 Å². The number of carbonyl (C=O) groups is 1. The van der Waals surface area contributed by atoms with Gasteiger partial charge in [-0.25, -0.2) is 0 Å². The molecule has 2 saturated heterocycles. The van der Waals surface area contributed by atoms with Crippen LogP contribution in [0.5, 0.6) is 0 Å². The molecule has 0 saturated carbocycles. The van der Waals surface area contributed by atoms with Gasteiger partial charge in [-0.3, -0.25) is 4.79 Å². The summed E-state index contributed by atoms with van der Waals surface area (Å²) in [7, 11) is 0. The van der Waals surface area contributed by atoms with Crippen LogP contribution >= 0.6 is 0 Å². The largest absolute Gasteiger partial charge is 0.378 e. The van der Waals surface area contributed by atoms with Gasteiger partial charge in [-0.15, -0.1) is 0 Å². The normalized spacial score (nSPS) is 34.9. The zero-order valence-corrected chi connectivity index (χ0v) is 10.00. The molecule has 92 valence electrons. The van der Waals surface area contributed by atoms with Crippen molar-refractivity contribution in [2.45, 2.75) is 44.8 Å². The van der Waals surface area contributed by atoms with Crippen molar-refractivity contribution in [3.63, 3.8) is 0 Å². The van der Waals surface area contributed by atoms with Crippen molar-refractivity contribution in [2.24, 2.45) is 5.92 Å². The summed E-state index contributed by atoms with van der Waals surface area (Å²) in [6.07, 6.45) is 4.05. The number of rotatable bonds is 3. The van der Waals surface area contributed by atoms with Crippen LogP contribution in [0.25, 0.3) is 0 Å². The number of amides is 1. The summed E-state index contributed by atoms with van der Waals surface area (Å²) in [4.78, 5) is 11.8. The second kappa shape index (κ2) is 5.64. The highest BCUT2D eigenvalue weighted by molar-refractivity contribution is 5.76. The molecule has 2 heterocycles. The van der Waals surface area contributed by atoms with Crippen LogP contribution in [0.3, 0.4) is 0 Å². The van der Waals surface area contributed by atoms with Crippen LogP contribution in [0, 0.1) is 5.92 Å². The van der Waals surface area contributed by atoms with Gasteiger partial charge in [-0.05, 0) is 31.7 Å². The molecule has 16 heavy (non-hydrogen) atoms. The lowest BCUT2D eigenvalue weighted by atomic mass is 10.0. The molecule has 2 N–H and O–H groups in total. The van der Waals surface area contributed by atoms with Crippen molar-refractivity contribution in [1.29, 1.82) is 0 Å². The molecule has 2 rings (SSSR count). The molecule has 0 spiro atoms. The topological polar surface area (TPSA) is 50.4 Å². The summed E-state index contributed by atoms with van der Waals surface area (Å²) in [5.74, 6) is 0.684. The molecule has 0 aromatic carbocycles. The first-order valence-corrected chi connectivity index (χ1v) is 6.37. The lowest BCUT2D eigenvalue weighted by Crippen LogP contribution is -2.41. The van der Waals surface area contributed by atoms with Crippen LogP contribution in [0.1, 0.15) is 32.6 Å². The van der Waals surface area contributed by atoms with Crippen LogP contribution in [-0.2, 0) is 9.53 Å². The molecule has 2 fully saturated rings. The monoisotopic (exact) mass is 226 g/mol. The zero-order chi connectivity index (χ0) is 11.4. The van der Waals surface area contributed by atoms with Crippen LogP contribution in [-0.4, -0.2) is 37.7 Å². The third kappa shape index (κ3) is 3.19. The maximum Gasteiger partial charge on any atom is 0.222 e. The Morgan fingerprint density at radius 3 is 2.94 bits per heavy atom. The molecule has 2 aliphatic rings. The van der Waals surface area contributed by atoms with Gasteiger partial charge in [0.25, 0.3) is 0 Å². The molecule has 0 bridgehead atoms. The highest BCUT2D eigenvalue weighted by Gasteiger charge is 2.25. The fraction of sp³-hybridized carbons (Fsp3) is 0.917. The lowest BCUT2D eigenvalue weighted by molar-refractivity contribution is -0.125. The summed E-state index contributed by atoms with van der Waals surface area (Å²) in [5, 5.41) is 6.38. The van der Waals surface area contributed by atoms with E-state index in [-0.39, 0.29) is 12.0 Å². The number of nitrogens with one attached hydrogen (secondary N) is 2. The Kier molecular flexibility index (Phi) is 4.18. The van der Waals surface area contributed by atoms with Crippen molar-refractivity contribution < 1.29 is 9.53 Å². The van der Waals surface area contributed by atoms with E-state index >= 15 is 0 Å². The van der Waals surface area contributed by atoms with E-state index in [2.05, 4.69) is 17.6 Å². The van der Waals surface area contributed by atoms with Gasteiger partial charge in [0, 0.05) is 19.2 Å². The summed E-state index contributed by atoms with van der Waals surface area (Å²) in [6.45, 7) is 4.89. The second-order valence-corrected chi connectivity index (χ2v) is 5.00. The molecular formula is C12H22N2O2. The van der Waals surface area contributed by atoms with Gasteiger partial charge < -0.3 is 15.4 Å². The fourth-order valence-electron chi connectivity index (χ4n) is 2.44. The summed E-state index contributed by atoms with van der Waals surface area (Å²) >= 11 is 0. The van der Waals surface area contributed by atoms with Gasteiger partial charge in [-0.2, -0.15) is 0 Å². The molecule has 2 aliphatic heterocycles. The quantitative estimate of drug-likeness (QED) is 0.743. The maximum absolute atomic E-state index is 11.8. The highest BCUT2D eigenvalue weighted by atomic mass is 16.5. The van der Waals surface area contributed by atoms with Crippen molar-refractivity contribution >= 4 is 5.91 Å². The predicted molar refractivity (Wildman–Crippen MR) is 62.2 cm³/mol. The molecular weight excluding hydrogens is 204 g/mol. The van der Waals surface area contributed by atoms with E-state index in [9.17, 15) is 4.79 Å². The minimum Gasteiger partial charge on any atom is -0.378 e. The number of hydrogen-bond acceptors (Lipinski definition) is 3. The Hall–Kier alpha value is -0.610. The first-order chi connectivity index (χ1) is 7.75. The lowest BCUT2D eigenvalue weighted by Gasteiger charge is -2.23. The third-order valence-electron chi connectivity index (χ3n) is 3.55. The van der Waals surface area contributed by atoms with Crippen molar-refractivity contribution in [3.8, 4) is 0 Å². The van der Waals surface area contributed by atoms with Crippen LogP contribution < -0.4 is 10.6 Å². The zero-order valence-electron chi connectivity index (χ0n) is 10.00. The first kappa shape index (κ1) is 11.9. The smallest absolute Gasteiger partial charge is 0.222 e. The first-order valence-electron chi connectivity index (χ1n) is 6.37. The summed E-state index contributed by atoms with van der Waals surface area (Å²) < 4.78 is 5.56. The van der Waals surface area contributed by atoms with Gasteiger partial charge in [-0.1, -0.05) is 6.92 Å². The maximum atomic E-state index is 11.8. The molecule has 3 atom stereocenters. The van der Waals surface area contributed by atoms with E-state index in [1.165, 1.54) is 6.42 Å². The summed E-state index contributed by atoms with van der Waals surface area (Å²) in [5.41, 5.74) is 0. The fourth-order valence-corrected chi connectivity index (χ4v) is 2.44. The van der Waals surface area contributed by atoms with Gasteiger partial charge in [0.1, 0.15) is 0 Å². The molecule has 4 nitrogen and oxygen atoms in total. The number of carbonyl (C=O) groups excluding carboxylic acids is 1. The molecule has 3 unspecified atom stereocenters. The Morgan fingerprint density at radius 2 is 2.31 bits per heavy atom. The van der Waals surface area contributed by atoms with Crippen LogP contribution in [0.2, 0.25) is 0 Å². The van der Waals surface area contributed by atoms with E-state index in [1.54, 1.807) is 0 Å². The molecule has 0 aromatic heterocycles. The third-order valence-corrected chi connectivity index (χ3v) is 3.55. The van der Waals surface area contributed by atoms with Crippen molar-refractivity contribution in [2.75, 3.05) is 19.7 Å².